The summed E-state index contributed by atoms with van der Waals surface area (Å²) in [5.41, 5.74) is 1.32. The minimum atomic E-state index is 0.733. The van der Waals surface area contributed by atoms with Crippen molar-refractivity contribution >= 4 is 10.8 Å². The monoisotopic (exact) mass is 285 g/mol. The molecule has 21 heavy (non-hydrogen) atoms. The molecular formula is C18H23NO2. The molecule has 0 saturated carbocycles. The molecule has 0 aliphatic carbocycles. The van der Waals surface area contributed by atoms with E-state index in [0.717, 1.165) is 36.9 Å². The normalized spacial score (nSPS) is 16.1. The Morgan fingerprint density at radius 2 is 1.81 bits per heavy atom. The number of benzene rings is 2. The third-order valence-corrected chi connectivity index (χ3v) is 4.47. The van der Waals surface area contributed by atoms with E-state index in [1.54, 1.807) is 14.2 Å². The van der Waals surface area contributed by atoms with E-state index in [2.05, 4.69) is 29.6 Å². The van der Waals surface area contributed by atoms with Gasteiger partial charge in [0, 0.05) is 5.56 Å². The molecule has 0 atom stereocenters. The summed E-state index contributed by atoms with van der Waals surface area (Å²) in [4.78, 5) is 0. The van der Waals surface area contributed by atoms with Crippen LogP contribution in [0.4, 0.5) is 0 Å². The van der Waals surface area contributed by atoms with E-state index in [-0.39, 0.29) is 0 Å². The molecule has 2 aromatic carbocycles. The number of ether oxygens (including phenoxy) is 2. The van der Waals surface area contributed by atoms with Gasteiger partial charge in [0.15, 0.2) is 0 Å². The standard InChI is InChI=1S/C18H23NO2/c1-20-15-5-3-14-4-6-18(21-2)17(16(14)12-15)11-13-7-9-19-10-8-13/h3-6,12-13,19H,7-11H2,1-2H3. The number of hydrogen-bond donors (Lipinski definition) is 1. The molecule has 1 aliphatic heterocycles. The summed E-state index contributed by atoms with van der Waals surface area (Å²) in [6.45, 7) is 2.25. The molecule has 3 heteroatoms. The molecule has 0 unspecified atom stereocenters. The fourth-order valence-corrected chi connectivity index (χ4v) is 3.24. The largest absolute Gasteiger partial charge is 0.497 e. The van der Waals surface area contributed by atoms with Gasteiger partial charge in [-0.05, 0) is 67.2 Å². The van der Waals surface area contributed by atoms with Crippen LogP contribution < -0.4 is 14.8 Å². The minimum Gasteiger partial charge on any atom is -0.497 e. The molecular weight excluding hydrogens is 262 g/mol. The average molecular weight is 285 g/mol. The van der Waals surface area contributed by atoms with Crippen LogP contribution in [-0.4, -0.2) is 27.3 Å². The zero-order valence-corrected chi connectivity index (χ0v) is 12.8. The minimum absolute atomic E-state index is 0.733. The lowest BCUT2D eigenvalue weighted by Crippen LogP contribution is -2.28. The maximum absolute atomic E-state index is 5.61. The van der Waals surface area contributed by atoms with Crippen molar-refractivity contribution in [3.63, 3.8) is 0 Å². The molecule has 2 aromatic rings. The Balaban J connectivity index is 2.03. The molecule has 1 heterocycles. The number of fused-ring (bicyclic) bond motifs is 1. The van der Waals surface area contributed by atoms with Crippen molar-refractivity contribution in [3.05, 3.63) is 35.9 Å². The van der Waals surface area contributed by atoms with Crippen molar-refractivity contribution in [1.29, 1.82) is 0 Å². The van der Waals surface area contributed by atoms with Gasteiger partial charge in [0.2, 0.25) is 0 Å². The molecule has 0 spiro atoms. The van der Waals surface area contributed by atoms with Crippen LogP contribution in [0.25, 0.3) is 10.8 Å². The third-order valence-electron chi connectivity index (χ3n) is 4.47. The fraction of sp³-hybridized carbons (Fsp3) is 0.444. The first-order valence-electron chi connectivity index (χ1n) is 7.66. The van der Waals surface area contributed by atoms with Crippen LogP contribution in [0.15, 0.2) is 30.3 Å². The Morgan fingerprint density at radius 1 is 1.05 bits per heavy atom. The molecule has 1 fully saturated rings. The van der Waals surface area contributed by atoms with Gasteiger partial charge in [-0.1, -0.05) is 12.1 Å². The summed E-state index contributed by atoms with van der Waals surface area (Å²) in [7, 11) is 3.47. The number of methoxy groups -OCH3 is 2. The molecule has 1 aliphatic rings. The Labute approximate surface area is 126 Å². The van der Waals surface area contributed by atoms with Gasteiger partial charge in [0.05, 0.1) is 14.2 Å². The molecule has 3 nitrogen and oxygen atoms in total. The number of hydrogen-bond acceptors (Lipinski definition) is 3. The van der Waals surface area contributed by atoms with Gasteiger partial charge >= 0.3 is 0 Å². The van der Waals surface area contributed by atoms with Gasteiger partial charge in [-0.2, -0.15) is 0 Å². The van der Waals surface area contributed by atoms with E-state index in [1.165, 1.54) is 29.2 Å². The second-order valence-corrected chi connectivity index (χ2v) is 5.73. The highest BCUT2D eigenvalue weighted by molar-refractivity contribution is 5.89. The van der Waals surface area contributed by atoms with Crippen LogP contribution >= 0.6 is 0 Å². The molecule has 112 valence electrons. The van der Waals surface area contributed by atoms with E-state index in [4.69, 9.17) is 9.47 Å². The van der Waals surface area contributed by atoms with Crippen molar-refractivity contribution in [2.24, 2.45) is 5.92 Å². The van der Waals surface area contributed by atoms with Crippen molar-refractivity contribution in [3.8, 4) is 11.5 Å². The highest BCUT2D eigenvalue weighted by atomic mass is 16.5. The van der Waals surface area contributed by atoms with Crippen LogP contribution in [-0.2, 0) is 6.42 Å². The lowest BCUT2D eigenvalue weighted by atomic mass is 9.88. The number of rotatable bonds is 4. The van der Waals surface area contributed by atoms with Crippen molar-refractivity contribution < 1.29 is 9.47 Å². The third kappa shape index (κ3) is 2.98. The fourth-order valence-electron chi connectivity index (χ4n) is 3.24. The van der Waals surface area contributed by atoms with Gasteiger partial charge in [0.25, 0.3) is 0 Å². The lowest BCUT2D eigenvalue weighted by Gasteiger charge is -2.24. The predicted molar refractivity (Wildman–Crippen MR) is 86.3 cm³/mol. The number of piperidine rings is 1. The molecule has 1 N–H and O–H groups in total. The Hall–Kier alpha value is -1.74. The van der Waals surface area contributed by atoms with E-state index in [0.29, 0.717) is 0 Å². The van der Waals surface area contributed by atoms with Crippen molar-refractivity contribution in [1.82, 2.24) is 5.32 Å². The molecule has 0 amide bonds. The quantitative estimate of drug-likeness (QED) is 0.934. The maximum Gasteiger partial charge on any atom is 0.122 e. The Bertz CT molecular complexity index is 613. The molecule has 0 aromatic heterocycles. The summed E-state index contributed by atoms with van der Waals surface area (Å²) in [5.74, 6) is 2.63. The van der Waals surface area contributed by atoms with E-state index < -0.39 is 0 Å². The second kappa shape index (κ2) is 6.35. The first-order valence-corrected chi connectivity index (χ1v) is 7.66. The zero-order chi connectivity index (χ0) is 14.7. The topological polar surface area (TPSA) is 30.5 Å². The van der Waals surface area contributed by atoms with Gasteiger partial charge < -0.3 is 14.8 Å². The van der Waals surface area contributed by atoms with Gasteiger partial charge in [-0.15, -0.1) is 0 Å². The maximum atomic E-state index is 5.61. The lowest BCUT2D eigenvalue weighted by molar-refractivity contribution is 0.362. The summed E-state index contributed by atoms with van der Waals surface area (Å²) < 4.78 is 11.0. The highest BCUT2D eigenvalue weighted by Crippen LogP contribution is 2.33. The summed E-state index contributed by atoms with van der Waals surface area (Å²) in [6, 6.07) is 10.5. The summed E-state index contributed by atoms with van der Waals surface area (Å²) in [6.07, 6.45) is 3.56. The van der Waals surface area contributed by atoms with E-state index in [9.17, 15) is 0 Å². The zero-order valence-electron chi connectivity index (χ0n) is 12.8. The van der Waals surface area contributed by atoms with Crippen LogP contribution in [0, 0.1) is 5.92 Å². The predicted octanol–water partition coefficient (Wildman–Crippen LogP) is 3.40. The SMILES string of the molecule is COc1ccc2ccc(OC)c(CC3CCNCC3)c2c1. The molecule has 1 saturated heterocycles. The van der Waals surface area contributed by atoms with Crippen LogP contribution in [0.2, 0.25) is 0 Å². The molecule has 3 rings (SSSR count). The van der Waals surface area contributed by atoms with E-state index in [1.807, 2.05) is 6.07 Å². The Kier molecular flexibility index (Phi) is 4.30. The molecule has 0 radical (unpaired) electrons. The van der Waals surface area contributed by atoms with Crippen LogP contribution in [0.5, 0.6) is 11.5 Å². The first-order chi connectivity index (χ1) is 10.3. The van der Waals surface area contributed by atoms with Gasteiger partial charge in [-0.3, -0.25) is 0 Å². The highest BCUT2D eigenvalue weighted by Gasteiger charge is 2.18. The Morgan fingerprint density at radius 3 is 2.52 bits per heavy atom. The van der Waals surface area contributed by atoms with Crippen LogP contribution in [0.3, 0.4) is 0 Å². The first kappa shape index (κ1) is 14.2. The summed E-state index contributed by atoms with van der Waals surface area (Å²) >= 11 is 0. The number of nitrogens with one attached hydrogen (secondary N) is 1. The van der Waals surface area contributed by atoms with Gasteiger partial charge in [0.1, 0.15) is 11.5 Å². The van der Waals surface area contributed by atoms with Crippen LogP contribution in [0.1, 0.15) is 18.4 Å². The summed E-state index contributed by atoms with van der Waals surface area (Å²) in [5, 5.41) is 5.94. The van der Waals surface area contributed by atoms with Crippen molar-refractivity contribution in [2.45, 2.75) is 19.3 Å². The smallest absolute Gasteiger partial charge is 0.122 e. The van der Waals surface area contributed by atoms with E-state index >= 15 is 0 Å². The van der Waals surface area contributed by atoms with Gasteiger partial charge in [-0.25, -0.2) is 0 Å². The average Bonchev–Trinajstić information content (AvgIpc) is 2.55. The molecule has 0 bridgehead atoms. The van der Waals surface area contributed by atoms with Crippen molar-refractivity contribution in [2.75, 3.05) is 27.3 Å². The second-order valence-electron chi connectivity index (χ2n) is 5.73.